The smallest absolute Gasteiger partial charge is 0.291 e. The van der Waals surface area contributed by atoms with E-state index in [-0.39, 0.29) is 23.0 Å². The number of aromatic nitrogens is 4. The van der Waals surface area contributed by atoms with Crippen molar-refractivity contribution < 1.29 is 18.4 Å². The first-order valence-electron chi connectivity index (χ1n) is 7.80. The first-order chi connectivity index (χ1) is 13.0. The van der Waals surface area contributed by atoms with Crippen LogP contribution < -0.4 is 10.6 Å². The van der Waals surface area contributed by atoms with Gasteiger partial charge in [-0.2, -0.15) is 0 Å². The van der Waals surface area contributed by atoms with Gasteiger partial charge in [-0.25, -0.2) is 13.8 Å². The number of nitrogens with zero attached hydrogens (tertiary/aromatic N) is 4. The second kappa shape index (κ2) is 8.45. The fourth-order valence-corrected chi connectivity index (χ4v) is 2.75. The first-order valence-corrected chi connectivity index (χ1v) is 8.61. The molecule has 11 heteroatoms. The lowest BCUT2D eigenvalue weighted by atomic mass is 10.2. The third kappa shape index (κ3) is 5.14. The molecule has 0 saturated carbocycles. The number of carbonyl (C=O) groups excluding carboxylic acids is 2. The van der Waals surface area contributed by atoms with Crippen molar-refractivity contribution in [3.05, 3.63) is 53.6 Å². The SMILES string of the molecule is O=C(CCn1ccnc1)Nc1cccc(C(=O)Nc2nnc(C(F)F)s2)c1. The minimum absolute atomic E-state index is 0.0231. The number of amides is 2. The minimum Gasteiger partial charge on any atom is -0.337 e. The van der Waals surface area contributed by atoms with E-state index in [1.807, 2.05) is 0 Å². The molecule has 27 heavy (non-hydrogen) atoms. The van der Waals surface area contributed by atoms with Crippen molar-refractivity contribution in [3.63, 3.8) is 0 Å². The molecule has 0 aliphatic heterocycles. The zero-order chi connectivity index (χ0) is 19.2. The summed E-state index contributed by atoms with van der Waals surface area (Å²) in [7, 11) is 0. The third-order valence-electron chi connectivity index (χ3n) is 3.41. The van der Waals surface area contributed by atoms with Crippen LogP contribution in [0.2, 0.25) is 0 Å². The quantitative estimate of drug-likeness (QED) is 0.644. The van der Waals surface area contributed by atoms with Crippen LogP contribution in [0.5, 0.6) is 0 Å². The minimum atomic E-state index is -2.74. The molecule has 0 bridgehead atoms. The maximum Gasteiger partial charge on any atom is 0.291 e. The summed E-state index contributed by atoms with van der Waals surface area (Å²) >= 11 is 0.603. The van der Waals surface area contributed by atoms with Crippen LogP contribution in [0.25, 0.3) is 0 Å². The van der Waals surface area contributed by atoms with Crippen LogP contribution in [0.4, 0.5) is 19.6 Å². The summed E-state index contributed by atoms with van der Waals surface area (Å²) in [5, 5.41) is 11.4. The van der Waals surface area contributed by atoms with E-state index in [4.69, 9.17) is 0 Å². The number of nitrogens with one attached hydrogen (secondary N) is 2. The van der Waals surface area contributed by atoms with Gasteiger partial charge in [-0.15, -0.1) is 10.2 Å². The van der Waals surface area contributed by atoms with E-state index < -0.39 is 17.3 Å². The molecule has 2 heterocycles. The van der Waals surface area contributed by atoms with Gasteiger partial charge in [0, 0.05) is 36.6 Å². The predicted octanol–water partition coefficient (Wildman–Crippen LogP) is 2.95. The molecule has 1 aromatic carbocycles. The average Bonchev–Trinajstić information content (AvgIpc) is 3.32. The van der Waals surface area contributed by atoms with Crippen LogP contribution >= 0.6 is 11.3 Å². The standard InChI is InChI=1S/C16H14F2N6O2S/c17-13(18)15-22-23-16(27-15)21-14(26)10-2-1-3-11(8-10)20-12(25)4-6-24-7-5-19-9-24/h1-3,5,7-9,13H,4,6H2,(H,20,25)(H,21,23,26). The Kier molecular flexibility index (Phi) is 5.81. The van der Waals surface area contributed by atoms with Crippen molar-refractivity contribution >= 4 is 34.0 Å². The molecule has 140 valence electrons. The van der Waals surface area contributed by atoms with Crippen molar-refractivity contribution in [1.82, 2.24) is 19.7 Å². The number of carbonyl (C=O) groups is 2. The van der Waals surface area contributed by atoms with Crippen LogP contribution in [0.3, 0.4) is 0 Å². The number of alkyl halides is 2. The highest BCUT2D eigenvalue weighted by molar-refractivity contribution is 7.15. The summed E-state index contributed by atoms with van der Waals surface area (Å²) in [6, 6.07) is 6.27. The van der Waals surface area contributed by atoms with Gasteiger partial charge in [-0.05, 0) is 18.2 Å². The normalized spacial score (nSPS) is 10.8. The molecular weight excluding hydrogens is 378 g/mol. The van der Waals surface area contributed by atoms with Gasteiger partial charge < -0.3 is 9.88 Å². The Morgan fingerprint density at radius 2 is 2.07 bits per heavy atom. The van der Waals surface area contributed by atoms with Crippen molar-refractivity contribution in [2.75, 3.05) is 10.6 Å². The van der Waals surface area contributed by atoms with Crippen LogP contribution in [0.15, 0.2) is 43.0 Å². The molecule has 0 aliphatic rings. The molecule has 0 aliphatic carbocycles. The van der Waals surface area contributed by atoms with E-state index >= 15 is 0 Å². The van der Waals surface area contributed by atoms with Gasteiger partial charge in [0.25, 0.3) is 12.3 Å². The van der Waals surface area contributed by atoms with E-state index in [9.17, 15) is 18.4 Å². The average molecular weight is 392 g/mol. The number of rotatable bonds is 7. The largest absolute Gasteiger partial charge is 0.337 e. The van der Waals surface area contributed by atoms with Crippen LogP contribution in [0.1, 0.15) is 28.2 Å². The first kappa shape index (κ1) is 18.6. The number of imidazole rings is 1. The van der Waals surface area contributed by atoms with Crippen LogP contribution in [0, 0.1) is 0 Å². The molecule has 2 N–H and O–H groups in total. The Labute approximate surface area is 156 Å². The topological polar surface area (TPSA) is 102 Å². The summed E-state index contributed by atoms with van der Waals surface area (Å²) in [5.74, 6) is -0.756. The van der Waals surface area contributed by atoms with Gasteiger partial charge in [0.2, 0.25) is 11.0 Å². The molecule has 8 nitrogen and oxygen atoms in total. The van der Waals surface area contributed by atoms with Gasteiger partial charge >= 0.3 is 0 Å². The lowest BCUT2D eigenvalue weighted by Gasteiger charge is -2.07. The molecule has 0 fully saturated rings. The van der Waals surface area contributed by atoms with Crippen molar-refractivity contribution in [2.24, 2.45) is 0 Å². The molecule has 0 spiro atoms. The molecule has 0 saturated heterocycles. The maximum atomic E-state index is 12.5. The Bertz CT molecular complexity index is 929. The van der Waals surface area contributed by atoms with Gasteiger partial charge in [-0.1, -0.05) is 17.4 Å². The highest BCUT2D eigenvalue weighted by Gasteiger charge is 2.16. The van der Waals surface area contributed by atoms with Gasteiger partial charge in [-0.3, -0.25) is 14.9 Å². The lowest BCUT2D eigenvalue weighted by Crippen LogP contribution is -2.15. The number of anilines is 2. The molecular formula is C16H14F2N6O2S. The fourth-order valence-electron chi connectivity index (χ4n) is 2.15. The monoisotopic (exact) mass is 392 g/mol. The Morgan fingerprint density at radius 1 is 1.22 bits per heavy atom. The highest BCUT2D eigenvalue weighted by atomic mass is 32.1. The number of aryl methyl sites for hydroxylation is 1. The summed E-state index contributed by atoms with van der Waals surface area (Å²) in [6.45, 7) is 0.482. The molecule has 3 rings (SSSR count). The second-order valence-electron chi connectivity index (χ2n) is 5.38. The Hall–Kier alpha value is -3.21. The summed E-state index contributed by atoms with van der Waals surface area (Å²) in [4.78, 5) is 28.1. The van der Waals surface area contributed by atoms with E-state index in [0.29, 0.717) is 23.6 Å². The van der Waals surface area contributed by atoms with Crippen molar-refractivity contribution in [1.29, 1.82) is 0 Å². The zero-order valence-electron chi connectivity index (χ0n) is 13.8. The summed E-state index contributed by atoms with van der Waals surface area (Å²) < 4.78 is 26.8. The molecule has 2 aromatic heterocycles. The summed E-state index contributed by atoms with van der Waals surface area (Å²) in [5.41, 5.74) is 0.694. The number of hydrogen-bond acceptors (Lipinski definition) is 6. The Balaban J connectivity index is 1.58. The predicted molar refractivity (Wildman–Crippen MR) is 94.7 cm³/mol. The zero-order valence-corrected chi connectivity index (χ0v) is 14.6. The highest BCUT2D eigenvalue weighted by Crippen LogP contribution is 2.25. The van der Waals surface area contributed by atoms with Crippen LogP contribution in [-0.4, -0.2) is 31.6 Å². The Morgan fingerprint density at radius 3 is 2.78 bits per heavy atom. The van der Waals surface area contributed by atoms with Crippen molar-refractivity contribution in [3.8, 4) is 0 Å². The molecule has 0 unspecified atom stereocenters. The molecule has 0 atom stereocenters. The van der Waals surface area contributed by atoms with Crippen molar-refractivity contribution in [2.45, 2.75) is 19.4 Å². The maximum absolute atomic E-state index is 12.5. The van der Waals surface area contributed by atoms with E-state index in [2.05, 4.69) is 25.8 Å². The number of hydrogen-bond donors (Lipinski definition) is 2. The number of benzene rings is 1. The second-order valence-corrected chi connectivity index (χ2v) is 6.39. The fraction of sp³-hybridized carbons (Fsp3) is 0.188. The van der Waals surface area contributed by atoms with E-state index in [0.717, 1.165) is 0 Å². The van der Waals surface area contributed by atoms with Crippen LogP contribution in [-0.2, 0) is 11.3 Å². The molecule has 3 aromatic rings. The number of halogens is 2. The molecule has 0 radical (unpaired) electrons. The summed E-state index contributed by atoms with van der Waals surface area (Å²) in [6.07, 6.45) is 2.50. The van der Waals surface area contributed by atoms with Gasteiger partial charge in [0.05, 0.1) is 6.33 Å². The van der Waals surface area contributed by atoms with E-state index in [1.165, 1.54) is 12.1 Å². The third-order valence-corrected chi connectivity index (χ3v) is 4.26. The van der Waals surface area contributed by atoms with Gasteiger partial charge in [0.15, 0.2) is 5.01 Å². The van der Waals surface area contributed by atoms with Gasteiger partial charge in [0.1, 0.15) is 0 Å². The lowest BCUT2D eigenvalue weighted by molar-refractivity contribution is -0.116. The molecule has 2 amide bonds. The van der Waals surface area contributed by atoms with E-state index in [1.54, 1.807) is 35.4 Å².